The average molecular weight is 251 g/mol. The maximum Gasteiger partial charge on any atom is 0.165 e. The van der Waals surface area contributed by atoms with Gasteiger partial charge in [0.05, 0.1) is 0 Å². The fourth-order valence-corrected chi connectivity index (χ4v) is 1.39. The molecule has 1 rings (SSSR count). The molecule has 2 atom stereocenters. The van der Waals surface area contributed by atoms with E-state index in [-0.39, 0.29) is 18.4 Å². The number of ether oxygens (including phenoxy) is 1. The Bertz CT molecular complexity index is 403. The number of hydrogen-bond donors (Lipinski definition) is 2. The van der Waals surface area contributed by atoms with E-state index < -0.39 is 11.9 Å². The second-order valence-corrected chi connectivity index (χ2v) is 4.11. The van der Waals surface area contributed by atoms with Crippen molar-refractivity contribution < 1.29 is 14.2 Å². The zero-order valence-corrected chi connectivity index (χ0v) is 10.4. The normalized spacial score (nSPS) is 13.7. The number of rotatable bonds is 7. The standard InChI is InChI=1S/C14H18FNO2/c1-3-6-11(2)16-9-12(17)10-18-14-8-5-4-7-13(14)15/h1,4-5,7-8,11-12,16-17H,6,9-10H2,2H3. The molecule has 0 saturated heterocycles. The molecule has 3 nitrogen and oxygen atoms in total. The van der Waals surface area contributed by atoms with Gasteiger partial charge in [0.1, 0.15) is 12.7 Å². The fraction of sp³-hybridized carbons (Fsp3) is 0.429. The highest BCUT2D eigenvalue weighted by molar-refractivity contribution is 5.23. The summed E-state index contributed by atoms with van der Waals surface area (Å²) in [6.45, 7) is 2.33. The van der Waals surface area contributed by atoms with E-state index in [1.54, 1.807) is 12.1 Å². The van der Waals surface area contributed by atoms with Crippen LogP contribution < -0.4 is 10.1 Å². The second kappa shape index (κ2) is 7.70. The largest absolute Gasteiger partial charge is 0.488 e. The Kier molecular flexibility index (Phi) is 6.20. The van der Waals surface area contributed by atoms with Crippen molar-refractivity contribution >= 4 is 0 Å². The van der Waals surface area contributed by atoms with Gasteiger partial charge in [0.25, 0.3) is 0 Å². The zero-order chi connectivity index (χ0) is 13.4. The molecular formula is C14H18FNO2. The minimum Gasteiger partial charge on any atom is -0.488 e. The van der Waals surface area contributed by atoms with Gasteiger partial charge in [-0.3, -0.25) is 0 Å². The molecule has 0 heterocycles. The lowest BCUT2D eigenvalue weighted by Gasteiger charge is -2.16. The number of hydrogen-bond acceptors (Lipinski definition) is 3. The third-order valence-corrected chi connectivity index (χ3v) is 2.39. The number of aliphatic hydroxyl groups excluding tert-OH is 1. The first-order chi connectivity index (χ1) is 8.63. The minimum atomic E-state index is -0.704. The summed E-state index contributed by atoms with van der Waals surface area (Å²) < 4.78 is 18.4. The van der Waals surface area contributed by atoms with E-state index in [2.05, 4.69) is 11.2 Å². The van der Waals surface area contributed by atoms with Crippen LogP contribution >= 0.6 is 0 Å². The summed E-state index contributed by atoms with van der Waals surface area (Å²) in [5.41, 5.74) is 0. The summed E-state index contributed by atoms with van der Waals surface area (Å²) in [7, 11) is 0. The summed E-state index contributed by atoms with van der Waals surface area (Å²) in [5.74, 6) is 2.25. The van der Waals surface area contributed by atoms with Crippen molar-refractivity contribution in [2.45, 2.75) is 25.5 Å². The molecule has 2 N–H and O–H groups in total. The van der Waals surface area contributed by atoms with Gasteiger partial charge in [-0.15, -0.1) is 12.3 Å². The van der Waals surface area contributed by atoms with Crippen LogP contribution in [0.5, 0.6) is 5.75 Å². The number of benzene rings is 1. The molecule has 18 heavy (non-hydrogen) atoms. The van der Waals surface area contributed by atoms with Crippen LogP contribution in [0.25, 0.3) is 0 Å². The predicted octanol–water partition coefficient (Wildman–Crippen LogP) is 1.57. The van der Waals surface area contributed by atoms with E-state index in [4.69, 9.17) is 11.2 Å². The highest BCUT2D eigenvalue weighted by Gasteiger charge is 2.09. The van der Waals surface area contributed by atoms with Crippen molar-refractivity contribution in [2.75, 3.05) is 13.2 Å². The third-order valence-electron chi connectivity index (χ3n) is 2.39. The van der Waals surface area contributed by atoms with Crippen LogP contribution in [-0.4, -0.2) is 30.4 Å². The fourth-order valence-electron chi connectivity index (χ4n) is 1.39. The topological polar surface area (TPSA) is 41.5 Å². The maximum absolute atomic E-state index is 13.2. The van der Waals surface area contributed by atoms with Crippen LogP contribution in [-0.2, 0) is 0 Å². The van der Waals surface area contributed by atoms with Crippen LogP contribution in [0.15, 0.2) is 24.3 Å². The van der Waals surface area contributed by atoms with Crippen molar-refractivity contribution in [3.8, 4) is 18.1 Å². The third kappa shape index (κ3) is 5.17. The predicted molar refractivity (Wildman–Crippen MR) is 68.8 cm³/mol. The van der Waals surface area contributed by atoms with Crippen molar-refractivity contribution in [1.82, 2.24) is 5.32 Å². The first-order valence-electron chi connectivity index (χ1n) is 5.85. The summed E-state index contributed by atoms with van der Waals surface area (Å²) in [6.07, 6.45) is 5.06. The van der Waals surface area contributed by atoms with Gasteiger partial charge in [0.2, 0.25) is 0 Å². The number of para-hydroxylation sites is 1. The Hall–Kier alpha value is -1.57. The van der Waals surface area contributed by atoms with Crippen LogP contribution in [0.4, 0.5) is 4.39 Å². The number of terminal acetylenes is 1. The van der Waals surface area contributed by atoms with Crippen molar-refractivity contribution in [2.24, 2.45) is 0 Å². The van der Waals surface area contributed by atoms with E-state index in [1.165, 1.54) is 12.1 Å². The summed E-state index contributed by atoms with van der Waals surface area (Å²) in [5, 5.41) is 12.7. The van der Waals surface area contributed by atoms with Gasteiger partial charge >= 0.3 is 0 Å². The van der Waals surface area contributed by atoms with Gasteiger partial charge in [0, 0.05) is 19.0 Å². The van der Waals surface area contributed by atoms with Gasteiger partial charge in [0.15, 0.2) is 11.6 Å². The Morgan fingerprint density at radius 1 is 1.50 bits per heavy atom. The highest BCUT2D eigenvalue weighted by Crippen LogP contribution is 2.15. The second-order valence-electron chi connectivity index (χ2n) is 4.11. The van der Waals surface area contributed by atoms with E-state index in [9.17, 15) is 9.50 Å². The summed E-state index contributed by atoms with van der Waals surface area (Å²) in [4.78, 5) is 0. The van der Waals surface area contributed by atoms with Gasteiger partial charge in [-0.2, -0.15) is 0 Å². The van der Waals surface area contributed by atoms with Gasteiger partial charge < -0.3 is 15.2 Å². The van der Waals surface area contributed by atoms with E-state index in [0.717, 1.165) is 0 Å². The molecule has 2 unspecified atom stereocenters. The lowest BCUT2D eigenvalue weighted by Crippen LogP contribution is -2.36. The SMILES string of the molecule is C#CCC(C)NCC(O)COc1ccccc1F. The quantitative estimate of drug-likeness (QED) is 0.723. The molecule has 4 heteroatoms. The summed E-state index contributed by atoms with van der Waals surface area (Å²) in [6, 6.07) is 6.24. The zero-order valence-electron chi connectivity index (χ0n) is 10.4. The monoisotopic (exact) mass is 251 g/mol. The van der Waals surface area contributed by atoms with Gasteiger partial charge in [-0.05, 0) is 19.1 Å². The molecule has 98 valence electrons. The molecule has 1 aromatic rings. The van der Waals surface area contributed by atoms with Crippen molar-refractivity contribution in [3.05, 3.63) is 30.1 Å². The first kappa shape index (κ1) is 14.5. The Morgan fingerprint density at radius 2 is 2.22 bits per heavy atom. The molecule has 0 bridgehead atoms. The smallest absolute Gasteiger partial charge is 0.165 e. The highest BCUT2D eigenvalue weighted by atomic mass is 19.1. The Morgan fingerprint density at radius 3 is 2.89 bits per heavy atom. The van der Waals surface area contributed by atoms with E-state index in [1.807, 2.05) is 6.92 Å². The van der Waals surface area contributed by atoms with E-state index >= 15 is 0 Å². The molecule has 1 aromatic carbocycles. The molecule has 0 aliphatic rings. The summed E-state index contributed by atoms with van der Waals surface area (Å²) >= 11 is 0. The molecule has 0 aromatic heterocycles. The lowest BCUT2D eigenvalue weighted by molar-refractivity contribution is 0.102. The Labute approximate surface area is 107 Å². The Balaban J connectivity index is 2.27. The molecule has 0 fully saturated rings. The average Bonchev–Trinajstić information content (AvgIpc) is 2.36. The molecule has 0 amide bonds. The molecule has 0 aliphatic carbocycles. The maximum atomic E-state index is 13.2. The van der Waals surface area contributed by atoms with Crippen molar-refractivity contribution in [3.63, 3.8) is 0 Å². The molecular weight excluding hydrogens is 233 g/mol. The molecule has 0 spiro atoms. The van der Waals surface area contributed by atoms with Gasteiger partial charge in [-0.1, -0.05) is 12.1 Å². The molecule has 0 aliphatic heterocycles. The van der Waals surface area contributed by atoms with Crippen LogP contribution in [0, 0.1) is 18.2 Å². The molecule has 0 radical (unpaired) electrons. The number of halogens is 1. The van der Waals surface area contributed by atoms with Gasteiger partial charge in [-0.25, -0.2) is 4.39 Å². The van der Waals surface area contributed by atoms with Crippen LogP contribution in [0.2, 0.25) is 0 Å². The molecule has 0 saturated carbocycles. The van der Waals surface area contributed by atoms with Crippen LogP contribution in [0.3, 0.4) is 0 Å². The minimum absolute atomic E-state index is 0.0384. The first-order valence-corrected chi connectivity index (χ1v) is 5.85. The van der Waals surface area contributed by atoms with Crippen LogP contribution in [0.1, 0.15) is 13.3 Å². The van der Waals surface area contributed by atoms with E-state index in [0.29, 0.717) is 13.0 Å². The number of aliphatic hydroxyl groups is 1. The lowest BCUT2D eigenvalue weighted by atomic mass is 10.2. The number of nitrogens with one attached hydrogen (secondary N) is 1. The van der Waals surface area contributed by atoms with Crippen molar-refractivity contribution in [1.29, 1.82) is 0 Å².